The molecule has 2 N–H and O–H groups in total. The van der Waals surface area contributed by atoms with Gasteiger partial charge >= 0.3 is 5.97 Å². The standard InChI is InChI=1S/C13H13N3O4S/c1-7-10(12(17)20-2)11(15-13(21)14-7)8-4-3-5-9(6-8)16(18)19/h3-6,11H,1-2H3,(H2,14,15,21)/t11-/m0/s1. The number of ether oxygens (including phenoxy) is 1. The third-order valence-corrected chi connectivity index (χ3v) is 3.31. The Morgan fingerprint density at radius 2 is 2.19 bits per heavy atom. The van der Waals surface area contributed by atoms with Crippen LogP contribution in [0.1, 0.15) is 18.5 Å². The molecular formula is C13H13N3O4S. The molecule has 21 heavy (non-hydrogen) atoms. The average molecular weight is 307 g/mol. The highest BCUT2D eigenvalue weighted by atomic mass is 32.1. The minimum atomic E-state index is -0.592. The minimum absolute atomic E-state index is 0.0550. The van der Waals surface area contributed by atoms with Crippen LogP contribution >= 0.6 is 12.2 Å². The van der Waals surface area contributed by atoms with Gasteiger partial charge in [0.2, 0.25) is 0 Å². The fraction of sp³-hybridized carbons (Fsp3) is 0.231. The van der Waals surface area contributed by atoms with Crippen LogP contribution in [0, 0.1) is 10.1 Å². The number of hydrogen-bond donors (Lipinski definition) is 2. The number of thiocarbonyl (C=S) groups is 1. The summed E-state index contributed by atoms with van der Waals surface area (Å²) in [4.78, 5) is 22.3. The van der Waals surface area contributed by atoms with Gasteiger partial charge in [0.25, 0.3) is 5.69 Å². The van der Waals surface area contributed by atoms with Crippen LogP contribution in [0.15, 0.2) is 35.5 Å². The van der Waals surface area contributed by atoms with Gasteiger partial charge in [-0.25, -0.2) is 4.79 Å². The largest absolute Gasteiger partial charge is 0.466 e. The summed E-state index contributed by atoms with van der Waals surface area (Å²) in [6.07, 6.45) is 0. The van der Waals surface area contributed by atoms with E-state index in [1.807, 2.05) is 0 Å². The molecule has 1 aromatic carbocycles. The van der Waals surface area contributed by atoms with E-state index in [1.54, 1.807) is 19.1 Å². The van der Waals surface area contributed by atoms with E-state index in [2.05, 4.69) is 10.6 Å². The van der Waals surface area contributed by atoms with Crippen LogP contribution in [0.2, 0.25) is 0 Å². The van der Waals surface area contributed by atoms with Gasteiger partial charge in [0.05, 0.1) is 23.6 Å². The number of esters is 1. The van der Waals surface area contributed by atoms with Crippen molar-refractivity contribution in [3.05, 3.63) is 51.2 Å². The Hall–Kier alpha value is -2.48. The van der Waals surface area contributed by atoms with Crippen molar-refractivity contribution in [1.82, 2.24) is 10.6 Å². The van der Waals surface area contributed by atoms with E-state index in [-0.39, 0.29) is 5.69 Å². The van der Waals surface area contributed by atoms with Crippen molar-refractivity contribution >= 4 is 29.0 Å². The molecule has 1 aromatic rings. The molecule has 1 aliphatic heterocycles. The Bertz CT molecular complexity index is 657. The predicted octanol–water partition coefficient (Wildman–Crippen LogP) is 1.56. The van der Waals surface area contributed by atoms with Gasteiger partial charge < -0.3 is 15.4 Å². The lowest BCUT2D eigenvalue weighted by Gasteiger charge is -2.29. The van der Waals surface area contributed by atoms with Crippen LogP contribution in [0.3, 0.4) is 0 Å². The second-order valence-corrected chi connectivity index (χ2v) is 4.82. The number of benzene rings is 1. The zero-order valence-corrected chi connectivity index (χ0v) is 12.2. The first-order valence-electron chi connectivity index (χ1n) is 6.05. The molecule has 1 heterocycles. The van der Waals surface area contributed by atoms with Crippen LogP contribution in [-0.4, -0.2) is 23.1 Å². The van der Waals surface area contributed by atoms with Crippen LogP contribution in [0.5, 0.6) is 0 Å². The molecule has 0 spiro atoms. The summed E-state index contributed by atoms with van der Waals surface area (Å²) in [5.41, 5.74) is 1.40. The molecule has 0 amide bonds. The molecule has 1 atom stereocenters. The molecule has 110 valence electrons. The fourth-order valence-corrected chi connectivity index (χ4v) is 2.41. The van der Waals surface area contributed by atoms with Crippen LogP contribution in [0.25, 0.3) is 0 Å². The van der Waals surface area contributed by atoms with E-state index in [0.29, 0.717) is 21.9 Å². The Morgan fingerprint density at radius 1 is 1.48 bits per heavy atom. The summed E-state index contributed by atoms with van der Waals surface area (Å²) in [7, 11) is 1.28. The lowest BCUT2D eigenvalue weighted by Crippen LogP contribution is -2.45. The SMILES string of the molecule is COC(=O)C1=C(C)NC(=S)N[C@H]1c1cccc([N+](=O)[O-])c1. The van der Waals surface area contributed by atoms with E-state index in [4.69, 9.17) is 17.0 Å². The van der Waals surface area contributed by atoms with Gasteiger partial charge in [0.1, 0.15) is 0 Å². The summed E-state index contributed by atoms with van der Waals surface area (Å²) in [5.74, 6) is -0.522. The van der Waals surface area contributed by atoms with Gasteiger partial charge in [-0.3, -0.25) is 10.1 Å². The van der Waals surface area contributed by atoms with Crippen molar-refractivity contribution in [3.8, 4) is 0 Å². The van der Waals surface area contributed by atoms with Gasteiger partial charge in [-0.1, -0.05) is 12.1 Å². The zero-order valence-electron chi connectivity index (χ0n) is 11.4. The van der Waals surface area contributed by atoms with Crippen molar-refractivity contribution in [2.45, 2.75) is 13.0 Å². The number of non-ortho nitro benzene ring substituents is 1. The van der Waals surface area contributed by atoms with Crippen molar-refractivity contribution < 1.29 is 14.5 Å². The van der Waals surface area contributed by atoms with Crippen LogP contribution in [0.4, 0.5) is 5.69 Å². The first kappa shape index (κ1) is 14.9. The minimum Gasteiger partial charge on any atom is -0.466 e. The molecule has 0 unspecified atom stereocenters. The quantitative estimate of drug-likeness (QED) is 0.379. The van der Waals surface area contributed by atoms with Gasteiger partial charge in [-0.2, -0.15) is 0 Å². The fourth-order valence-electron chi connectivity index (χ4n) is 2.14. The molecule has 0 bridgehead atoms. The van der Waals surface area contributed by atoms with Crippen molar-refractivity contribution in [3.63, 3.8) is 0 Å². The van der Waals surface area contributed by atoms with Gasteiger partial charge in [-0.15, -0.1) is 0 Å². The molecule has 0 radical (unpaired) electrons. The van der Waals surface area contributed by atoms with Gasteiger partial charge in [0.15, 0.2) is 5.11 Å². The van der Waals surface area contributed by atoms with Gasteiger partial charge in [-0.05, 0) is 24.7 Å². The molecule has 0 saturated carbocycles. The molecule has 0 fully saturated rings. The third-order valence-electron chi connectivity index (χ3n) is 3.09. The maximum Gasteiger partial charge on any atom is 0.337 e. The number of carbonyl (C=O) groups is 1. The molecule has 2 rings (SSSR count). The summed E-state index contributed by atoms with van der Waals surface area (Å²) >= 11 is 5.08. The average Bonchev–Trinajstić information content (AvgIpc) is 2.45. The number of hydrogen-bond acceptors (Lipinski definition) is 5. The molecule has 0 aliphatic carbocycles. The van der Waals surface area contributed by atoms with Crippen molar-refractivity contribution in [2.75, 3.05) is 7.11 Å². The Morgan fingerprint density at radius 3 is 2.81 bits per heavy atom. The molecule has 1 aliphatic rings. The molecule has 0 saturated heterocycles. The number of nitro groups is 1. The number of nitrogens with zero attached hydrogens (tertiary/aromatic N) is 1. The second kappa shape index (κ2) is 5.88. The maximum atomic E-state index is 11.9. The molecule has 7 nitrogen and oxygen atoms in total. The molecule has 8 heteroatoms. The van der Waals surface area contributed by atoms with Crippen LogP contribution < -0.4 is 10.6 Å². The monoisotopic (exact) mass is 307 g/mol. The summed E-state index contributed by atoms with van der Waals surface area (Å²) in [5, 5.41) is 17.0. The van der Waals surface area contributed by atoms with E-state index in [0.717, 1.165) is 0 Å². The van der Waals surface area contributed by atoms with E-state index < -0.39 is 16.9 Å². The van der Waals surface area contributed by atoms with Crippen molar-refractivity contribution in [2.24, 2.45) is 0 Å². The predicted molar refractivity (Wildman–Crippen MR) is 79.4 cm³/mol. The number of allylic oxidation sites excluding steroid dienone is 1. The van der Waals surface area contributed by atoms with E-state index in [9.17, 15) is 14.9 Å². The lowest BCUT2D eigenvalue weighted by atomic mass is 9.95. The van der Waals surface area contributed by atoms with E-state index >= 15 is 0 Å². The third kappa shape index (κ3) is 3.00. The summed E-state index contributed by atoms with van der Waals surface area (Å²) in [6, 6.07) is 5.45. The maximum absolute atomic E-state index is 11.9. The highest BCUT2D eigenvalue weighted by molar-refractivity contribution is 7.80. The number of rotatable bonds is 3. The number of nitro benzene ring substituents is 1. The zero-order chi connectivity index (χ0) is 15.6. The first-order valence-corrected chi connectivity index (χ1v) is 6.46. The van der Waals surface area contributed by atoms with Crippen molar-refractivity contribution in [1.29, 1.82) is 0 Å². The summed E-state index contributed by atoms with van der Waals surface area (Å²) in [6.45, 7) is 1.70. The number of methoxy groups -OCH3 is 1. The Balaban J connectivity index is 2.51. The van der Waals surface area contributed by atoms with E-state index in [1.165, 1.54) is 19.2 Å². The highest BCUT2D eigenvalue weighted by Gasteiger charge is 2.31. The smallest absolute Gasteiger partial charge is 0.337 e. The lowest BCUT2D eigenvalue weighted by molar-refractivity contribution is -0.384. The first-order chi connectivity index (χ1) is 9.93. The second-order valence-electron chi connectivity index (χ2n) is 4.41. The Labute approximate surface area is 126 Å². The molecule has 0 aromatic heterocycles. The number of nitrogens with one attached hydrogen (secondary N) is 2. The highest BCUT2D eigenvalue weighted by Crippen LogP contribution is 2.29. The topological polar surface area (TPSA) is 93.5 Å². The summed E-state index contributed by atoms with van der Waals surface area (Å²) < 4.78 is 4.77. The van der Waals surface area contributed by atoms with Crippen LogP contribution in [-0.2, 0) is 9.53 Å². The molecular weight excluding hydrogens is 294 g/mol. The Kier molecular flexibility index (Phi) is 4.18. The number of carbonyl (C=O) groups excluding carboxylic acids is 1. The van der Waals surface area contributed by atoms with Gasteiger partial charge in [0, 0.05) is 17.8 Å². The normalized spacial score (nSPS) is 17.8.